The highest BCUT2D eigenvalue weighted by Gasteiger charge is 2.11. The second kappa shape index (κ2) is 4.92. The summed E-state index contributed by atoms with van der Waals surface area (Å²) in [6.07, 6.45) is 1.71. The SMILES string of the molecule is Cc1cc(N(C)Cc2ccccc2F)n2nccc2n1. The van der Waals surface area contributed by atoms with E-state index in [9.17, 15) is 4.39 Å². The van der Waals surface area contributed by atoms with Crippen molar-refractivity contribution in [2.75, 3.05) is 11.9 Å². The molecular weight excluding hydrogens is 255 g/mol. The molecule has 3 aromatic rings. The van der Waals surface area contributed by atoms with Crippen molar-refractivity contribution in [1.82, 2.24) is 14.6 Å². The molecule has 0 saturated heterocycles. The van der Waals surface area contributed by atoms with E-state index in [1.165, 1.54) is 6.07 Å². The van der Waals surface area contributed by atoms with Crippen molar-refractivity contribution >= 4 is 11.5 Å². The Morgan fingerprint density at radius 2 is 2.05 bits per heavy atom. The van der Waals surface area contributed by atoms with Crippen LogP contribution < -0.4 is 4.90 Å². The first-order chi connectivity index (χ1) is 9.65. The minimum absolute atomic E-state index is 0.193. The summed E-state index contributed by atoms with van der Waals surface area (Å²) in [6, 6.07) is 10.6. The van der Waals surface area contributed by atoms with Gasteiger partial charge in [-0.05, 0) is 13.0 Å². The van der Waals surface area contributed by atoms with Crippen molar-refractivity contribution in [3.05, 3.63) is 59.7 Å². The zero-order valence-corrected chi connectivity index (χ0v) is 11.4. The lowest BCUT2D eigenvalue weighted by Crippen LogP contribution is -2.20. The van der Waals surface area contributed by atoms with Crippen LogP contribution in [-0.2, 0) is 6.54 Å². The molecule has 5 heteroatoms. The highest BCUT2D eigenvalue weighted by atomic mass is 19.1. The van der Waals surface area contributed by atoms with E-state index in [2.05, 4.69) is 10.1 Å². The van der Waals surface area contributed by atoms with Crippen molar-refractivity contribution in [2.24, 2.45) is 0 Å². The van der Waals surface area contributed by atoms with E-state index in [-0.39, 0.29) is 5.82 Å². The molecule has 1 aromatic carbocycles. The number of hydrogen-bond acceptors (Lipinski definition) is 3. The van der Waals surface area contributed by atoms with Gasteiger partial charge in [-0.3, -0.25) is 0 Å². The second-order valence-electron chi connectivity index (χ2n) is 4.80. The fraction of sp³-hybridized carbons (Fsp3) is 0.200. The Morgan fingerprint density at radius 1 is 1.25 bits per heavy atom. The predicted octanol–water partition coefficient (Wildman–Crippen LogP) is 2.81. The van der Waals surface area contributed by atoms with Crippen LogP contribution in [0.5, 0.6) is 0 Å². The van der Waals surface area contributed by atoms with E-state index in [1.54, 1.807) is 22.8 Å². The Morgan fingerprint density at radius 3 is 2.85 bits per heavy atom. The third-order valence-electron chi connectivity index (χ3n) is 3.23. The lowest BCUT2D eigenvalue weighted by Gasteiger charge is -2.20. The molecule has 0 aliphatic carbocycles. The summed E-state index contributed by atoms with van der Waals surface area (Å²) in [5.41, 5.74) is 2.36. The number of fused-ring (bicyclic) bond motifs is 1. The van der Waals surface area contributed by atoms with Gasteiger partial charge >= 0.3 is 0 Å². The van der Waals surface area contributed by atoms with E-state index in [4.69, 9.17) is 0 Å². The van der Waals surface area contributed by atoms with E-state index in [0.717, 1.165) is 17.2 Å². The first-order valence-electron chi connectivity index (χ1n) is 6.41. The number of hydrogen-bond donors (Lipinski definition) is 0. The summed E-state index contributed by atoms with van der Waals surface area (Å²) < 4.78 is 15.5. The Balaban J connectivity index is 1.98. The van der Waals surface area contributed by atoms with E-state index >= 15 is 0 Å². The Hall–Kier alpha value is -2.43. The molecule has 2 aromatic heterocycles. The smallest absolute Gasteiger partial charge is 0.157 e. The van der Waals surface area contributed by atoms with Gasteiger partial charge in [-0.25, -0.2) is 9.37 Å². The van der Waals surface area contributed by atoms with E-state index < -0.39 is 0 Å². The van der Waals surface area contributed by atoms with Gasteiger partial charge in [-0.15, -0.1) is 0 Å². The van der Waals surface area contributed by atoms with Gasteiger partial charge in [0.25, 0.3) is 0 Å². The quantitative estimate of drug-likeness (QED) is 0.733. The molecule has 3 rings (SSSR count). The average molecular weight is 270 g/mol. The minimum atomic E-state index is -0.193. The van der Waals surface area contributed by atoms with Crippen LogP contribution in [0.25, 0.3) is 5.65 Å². The zero-order valence-electron chi connectivity index (χ0n) is 11.4. The zero-order chi connectivity index (χ0) is 14.1. The molecular formula is C15H15FN4. The first-order valence-corrected chi connectivity index (χ1v) is 6.41. The topological polar surface area (TPSA) is 33.4 Å². The van der Waals surface area contributed by atoms with Crippen molar-refractivity contribution in [3.8, 4) is 0 Å². The maximum absolute atomic E-state index is 13.7. The van der Waals surface area contributed by atoms with Crippen LogP contribution in [0.3, 0.4) is 0 Å². The molecule has 102 valence electrons. The van der Waals surface area contributed by atoms with Crippen molar-refractivity contribution in [2.45, 2.75) is 13.5 Å². The maximum atomic E-state index is 13.7. The van der Waals surface area contributed by atoms with Gasteiger partial charge < -0.3 is 4.90 Å². The molecule has 0 bridgehead atoms. The number of benzene rings is 1. The highest BCUT2D eigenvalue weighted by Crippen LogP contribution is 2.18. The fourth-order valence-electron chi connectivity index (χ4n) is 2.25. The molecule has 0 aliphatic heterocycles. The van der Waals surface area contributed by atoms with Crippen LogP contribution >= 0.6 is 0 Å². The fourth-order valence-corrected chi connectivity index (χ4v) is 2.25. The minimum Gasteiger partial charge on any atom is -0.355 e. The van der Waals surface area contributed by atoms with Crippen molar-refractivity contribution in [3.63, 3.8) is 0 Å². The lowest BCUT2D eigenvalue weighted by atomic mass is 10.2. The molecule has 0 radical (unpaired) electrons. The number of aromatic nitrogens is 3. The number of nitrogens with zero attached hydrogens (tertiary/aromatic N) is 4. The van der Waals surface area contributed by atoms with Gasteiger partial charge in [0, 0.05) is 37.0 Å². The van der Waals surface area contributed by atoms with Crippen LogP contribution in [-0.4, -0.2) is 21.6 Å². The summed E-state index contributed by atoms with van der Waals surface area (Å²) in [7, 11) is 1.92. The van der Waals surface area contributed by atoms with Crippen molar-refractivity contribution in [1.29, 1.82) is 0 Å². The molecule has 0 fully saturated rings. The lowest BCUT2D eigenvalue weighted by molar-refractivity contribution is 0.607. The normalized spacial score (nSPS) is 10.9. The summed E-state index contributed by atoms with van der Waals surface area (Å²) >= 11 is 0. The molecule has 0 atom stereocenters. The third kappa shape index (κ3) is 2.22. The summed E-state index contributed by atoms with van der Waals surface area (Å²) in [5, 5.41) is 4.26. The Bertz CT molecular complexity index is 750. The van der Waals surface area contributed by atoms with Gasteiger partial charge in [0.05, 0.1) is 6.20 Å². The van der Waals surface area contributed by atoms with Crippen molar-refractivity contribution < 1.29 is 4.39 Å². The second-order valence-corrected chi connectivity index (χ2v) is 4.80. The molecule has 0 spiro atoms. The summed E-state index contributed by atoms with van der Waals surface area (Å²) in [6.45, 7) is 2.42. The van der Waals surface area contributed by atoms with Gasteiger partial charge in [0.15, 0.2) is 5.65 Å². The average Bonchev–Trinajstić information content (AvgIpc) is 2.88. The summed E-state index contributed by atoms with van der Waals surface area (Å²) in [4.78, 5) is 6.37. The van der Waals surface area contributed by atoms with E-state index in [1.807, 2.05) is 37.1 Å². The first kappa shape index (κ1) is 12.6. The van der Waals surface area contributed by atoms with Gasteiger partial charge in [0.1, 0.15) is 11.6 Å². The number of halogens is 1. The van der Waals surface area contributed by atoms with E-state index in [0.29, 0.717) is 12.1 Å². The molecule has 4 nitrogen and oxygen atoms in total. The molecule has 20 heavy (non-hydrogen) atoms. The monoisotopic (exact) mass is 270 g/mol. The molecule has 2 heterocycles. The third-order valence-corrected chi connectivity index (χ3v) is 3.23. The van der Waals surface area contributed by atoms with Crippen LogP contribution in [0.1, 0.15) is 11.3 Å². The van der Waals surface area contributed by atoms with Crippen LogP contribution in [0.2, 0.25) is 0 Å². The number of anilines is 1. The number of aryl methyl sites for hydroxylation is 1. The molecule has 0 aliphatic rings. The van der Waals surface area contributed by atoms with Gasteiger partial charge in [0.2, 0.25) is 0 Å². The highest BCUT2D eigenvalue weighted by molar-refractivity contribution is 5.50. The largest absolute Gasteiger partial charge is 0.355 e. The number of rotatable bonds is 3. The molecule has 0 unspecified atom stereocenters. The van der Waals surface area contributed by atoms with Crippen LogP contribution in [0.4, 0.5) is 10.2 Å². The van der Waals surface area contributed by atoms with Crippen LogP contribution in [0.15, 0.2) is 42.6 Å². The summed E-state index contributed by atoms with van der Waals surface area (Å²) in [5.74, 6) is 0.697. The maximum Gasteiger partial charge on any atom is 0.157 e. The molecule has 0 N–H and O–H groups in total. The molecule has 0 saturated carbocycles. The van der Waals surface area contributed by atoms with Gasteiger partial charge in [-0.2, -0.15) is 9.61 Å². The predicted molar refractivity (Wildman–Crippen MR) is 76.2 cm³/mol. The Kier molecular flexibility index (Phi) is 3.10. The Labute approximate surface area is 116 Å². The van der Waals surface area contributed by atoms with Gasteiger partial charge in [-0.1, -0.05) is 18.2 Å². The standard InChI is InChI=1S/C15H15FN4/c1-11-9-15(20-14(18-11)7-8-17-20)19(2)10-12-5-3-4-6-13(12)16/h3-9H,10H2,1-2H3. The molecule has 0 amide bonds. The van der Waals surface area contributed by atoms with Crippen LogP contribution in [0, 0.1) is 12.7 Å².